The fourth-order valence-electron chi connectivity index (χ4n) is 2.58. The Labute approximate surface area is 101 Å². The van der Waals surface area contributed by atoms with Crippen molar-refractivity contribution in [2.45, 2.75) is 12.8 Å². The standard InChI is InChI=1S/C15H15NO/c17-15-14-9-5-4-6-12(14)10-11-16(15)13-7-2-1-3-8-13/h1-5,7-8,10-12,14H,6,9H2/t12-,14+/m0/s1. The first-order valence-electron chi connectivity index (χ1n) is 6.08. The van der Waals surface area contributed by atoms with E-state index in [2.05, 4.69) is 18.2 Å². The number of hydrogen-bond donors (Lipinski definition) is 0. The molecule has 1 heterocycles. The van der Waals surface area contributed by atoms with Crippen LogP contribution in [0.15, 0.2) is 54.8 Å². The third kappa shape index (κ3) is 1.80. The maximum Gasteiger partial charge on any atom is 0.235 e. The smallest absolute Gasteiger partial charge is 0.235 e. The fraction of sp³-hybridized carbons (Fsp3) is 0.267. The summed E-state index contributed by atoms with van der Waals surface area (Å²) >= 11 is 0. The van der Waals surface area contributed by atoms with Crippen LogP contribution < -0.4 is 4.90 Å². The number of hydrogen-bond acceptors (Lipinski definition) is 1. The molecule has 2 aliphatic rings. The normalized spacial score (nSPS) is 27.1. The molecular formula is C15H15NO. The van der Waals surface area contributed by atoms with Gasteiger partial charge in [0.1, 0.15) is 0 Å². The van der Waals surface area contributed by atoms with E-state index < -0.39 is 0 Å². The van der Waals surface area contributed by atoms with Crippen LogP contribution in [0.1, 0.15) is 12.8 Å². The second-order valence-electron chi connectivity index (χ2n) is 4.60. The van der Waals surface area contributed by atoms with Gasteiger partial charge in [-0.05, 0) is 30.9 Å². The van der Waals surface area contributed by atoms with Gasteiger partial charge in [-0.15, -0.1) is 0 Å². The molecule has 0 N–H and O–H groups in total. The Morgan fingerprint density at radius 2 is 1.82 bits per heavy atom. The lowest BCUT2D eigenvalue weighted by Crippen LogP contribution is -2.39. The van der Waals surface area contributed by atoms with Gasteiger partial charge >= 0.3 is 0 Å². The molecule has 17 heavy (non-hydrogen) atoms. The summed E-state index contributed by atoms with van der Waals surface area (Å²) in [6.07, 6.45) is 10.3. The zero-order valence-electron chi connectivity index (χ0n) is 9.62. The number of amides is 1. The van der Waals surface area contributed by atoms with Crippen molar-refractivity contribution >= 4 is 11.6 Å². The minimum Gasteiger partial charge on any atom is -0.288 e. The molecule has 3 rings (SSSR count). The average molecular weight is 225 g/mol. The minimum absolute atomic E-state index is 0.130. The van der Waals surface area contributed by atoms with Crippen LogP contribution in [0.3, 0.4) is 0 Å². The largest absolute Gasteiger partial charge is 0.288 e. The number of fused-ring (bicyclic) bond motifs is 1. The molecule has 1 aromatic rings. The van der Waals surface area contributed by atoms with Crippen molar-refractivity contribution in [2.24, 2.45) is 11.8 Å². The molecule has 0 aromatic heterocycles. The van der Waals surface area contributed by atoms with E-state index in [1.807, 2.05) is 36.5 Å². The molecule has 0 saturated carbocycles. The molecular weight excluding hydrogens is 210 g/mol. The molecule has 86 valence electrons. The number of carbonyl (C=O) groups is 1. The van der Waals surface area contributed by atoms with Crippen LogP contribution in [0.25, 0.3) is 0 Å². The third-order valence-corrected chi connectivity index (χ3v) is 3.55. The quantitative estimate of drug-likeness (QED) is 0.672. The lowest BCUT2D eigenvalue weighted by molar-refractivity contribution is -0.123. The van der Waals surface area contributed by atoms with Gasteiger partial charge in [-0.25, -0.2) is 0 Å². The van der Waals surface area contributed by atoms with Crippen molar-refractivity contribution in [2.75, 3.05) is 4.90 Å². The van der Waals surface area contributed by atoms with E-state index in [0.29, 0.717) is 5.92 Å². The predicted molar refractivity (Wildman–Crippen MR) is 68.4 cm³/mol. The Bertz CT molecular complexity index is 475. The predicted octanol–water partition coefficient (Wildman–Crippen LogP) is 3.13. The molecule has 1 aromatic carbocycles. The summed E-state index contributed by atoms with van der Waals surface area (Å²) in [6.45, 7) is 0. The zero-order chi connectivity index (χ0) is 11.7. The van der Waals surface area contributed by atoms with Crippen LogP contribution in [0.5, 0.6) is 0 Å². The Morgan fingerprint density at radius 1 is 1.06 bits per heavy atom. The highest BCUT2D eigenvalue weighted by Gasteiger charge is 2.33. The topological polar surface area (TPSA) is 20.3 Å². The molecule has 1 amide bonds. The van der Waals surface area contributed by atoms with Crippen LogP contribution in [0.2, 0.25) is 0 Å². The van der Waals surface area contributed by atoms with Crippen molar-refractivity contribution in [1.29, 1.82) is 0 Å². The van der Waals surface area contributed by atoms with E-state index in [1.165, 1.54) is 0 Å². The highest BCUT2D eigenvalue weighted by molar-refractivity contribution is 5.98. The van der Waals surface area contributed by atoms with E-state index in [9.17, 15) is 4.79 Å². The number of allylic oxidation sites excluding steroid dienone is 3. The first-order valence-corrected chi connectivity index (χ1v) is 6.08. The van der Waals surface area contributed by atoms with Gasteiger partial charge in [0.05, 0.1) is 0 Å². The highest BCUT2D eigenvalue weighted by atomic mass is 16.2. The van der Waals surface area contributed by atoms with E-state index in [0.717, 1.165) is 18.5 Å². The maximum absolute atomic E-state index is 12.4. The van der Waals surface area contributed by atoms with Crippen LogP contribution in [0, 0.1) is 11.8 Å². The molecule has 2 heteroatoms. The maximum atomic E-state index is 12.4. The summed E-state index contributed by atoms with van der Waals surface area (Å²) in [4.78, 5) is 14.2. The molecule has 2 nitrogen and oxygen atoms in total. The lowest BCUT2D eigenvalue weighted by atomic mass is 9.80. The fourth-order valence-corrected chi connectivity index (χ4v) is 2.58. The summed E-state index contributed by atoms with van der Waals surface area (Å²) < 4.78 is 0. The van der Waals surface area contributed by atoms with Crippen molar-refractivity contribution in [1.82, 2.24) is 0 Å². The molecule has 0 spiro atoms. The number of nitrogens with zero attached hydrogens (tertiary/aromatic N) is 1. The van der Waals surface area contributed by atoms with Gasteiger partial charge in [-0.1, -0.05) is 36.4 Å². The SMILES string of the molecule is O=C1[C@@H]2CC=CC[C@H]2C=CN1c1ccccc1. The number of anilines is 1. The molecule has 0 fully saturated rings. The Morgan fingerprint density at radius 3 is 2.65 bits per heavy atom. The molecule has 1 aliphatic heterocycles. The monoisotopic (exact) mass is 225 g/mol. The number of rotatable bonds is 1. The Kier molecular flexibility index (Phi) is 2.56. The van der Waals surface area contributed by atoms with Gasteiger partial charge in [-0.3, -0.25) is 9.69 Å². The first-order chi connectivity index (χ1) is 8.36. The lowest BCUT2D eigenvalue weighted by Gasteiger charge is -2.34. The van der Waals surface area contributed by atoms with Crippen molar-refractivity contribution < 1.29 is 4.79 Å². The molecule has 0 unspecified atom stereocenters. The van der Waals surface area contributed by atoms with Gasteiger partial charge in [0.15, 0.2) is 0 Å². The summed E-state index contributed by atoms with van der Waals surface area (Å²) in [6, 6.07) is 9.84. The molecule has 2 atom stereocenters. The van der Waals surface area contributed by atoms with Crippen LogP contribution >= 0.6 is 0 Å². The summed E-state index contributed by atoms with van der Waals surface area (Å²) in [5, 5.41) is 0. The third-order valence-electron chi connectivity index (χ3n) is 3.55. The van der Waals surface area contributed by atoms with E-state index in [4.69, 9.17) is 0 Å². The zero-order valence-corrected chi connectivity index (χ0v) is 9.62. The summed E-state index contributed by atoms with van der Waals surface area (Å²) in [7, 11) is 0. The van der Waals surface area contributed by atoms with Crippen molar-refractivity contribution in [3.63, 3.8) is 0 Å². The second-order valence-corrected chi connectivity index (χ2v) is 4.60. The second kappa shape index (κ2) is 4.21. The molecule has 1 aliphatic carbocycles. The summed E-state index contributed by atoms with van der Waals surface area (Å²) in [5.74, 6) is 0.755. The first kappa shape index (κ1) is 10.3. The molecule has 0 saturated heterocycles. The average Bonchev–Trinajstić information content (AvgIpc) is 2.40. The highest BCUT2D eigenvalue weighted by Crippen LogP contribution is 2.33. The van der Waals surface area contributed by atoms with E-state index >= 15 is 0 Å². The number of benzene rings is 1. The minimum atomic E-state index is 0.130. The number of carbonyl (C=O) groups excluding carboxylic acids is 1. The van der Waals surface area contributed by atoms with Gasteiger partial charge in [-0.2, -0.15) is 0 Å². The van der Waals surface area contributed by atoms with E-state index in [-0.39, 0.29) is 11.8 Å². The van der Waals surface area contributed by atoms with Crippen LogP contribution in [0.4, 0.5) is 5.69 Å². The van der Waals surface area contributed by atoms with Crippen molar-refractivity contribution in [3.8, 4) is 0 Å². The summed E-state index contributed by atoms with van der Waals surface area (Å²) in [5.41, 5.74) is 0.960. The van der Waals surface area contributed by atoms with Crippen molar-refractivity contribution in [3.05, 3.63) is 54.8 Å². The van der Waals surface area contributed by atoms with Gasteiger partial charge in [0.25, 0.3) is 0 Å². The van der Waals surface area contributed by atoms with Crippen LogP contribution in [-0.4, -0.2) is 5.91 Å². The van der Waals surface area contributed by atoms with Gasteiger partial charge < -0.3 is 0 Å². The Hall–Kier alpha value is -1.83. The number of para-hydroxylation sites is 1. The molecule has 0 radical (unpaired) electrons. The van der Waals surface area contributed by atoms with E-state index in [1.54, 1.807) is 4.90 Å². The van der Waals surface area contributed by atoms with Gasteiger partial charge in [0.2, 0.25) is 5.91 Å². The van der Waals surface area contributed by atoms with Crippen LogP contribution in [-0.2, 0) is 4.79 Å². The Balaban J connectivity index is 1.92. The van der Waals surface area contributed by atoms with Gasteiger partial charge in [0, 0.05) is 17.8 Å². The molecule has 0 bridgehead atoms.